The number of carboxylic acids is 1. The van der Waals surface area contributed by atoms with Gasteiger partial charge in [-0.1, -0.05) is 17.7 Å². The smallest absolute Gasteiger partial charge is 0.354 e. The number of aromatic nitrogens is 2. The molecule has 0 fully saturated rings. The minimum atomic E-state index is -1.06. The molecule has 0 saturated heterocycles. The summed E-state index contributed by atoms with van der Waals surface area (Å²) in [5.41, 5.74) is 1.13. The third-order valence-electron chi connectivity index (χ3n) is 2.02. The quantitative estimate of drug-likeness (QED) is 0.828. The van der Waals surface area contributed by atoms with Crippen molar-refractivity contribution in [3.63, 3.8) is 0 Å². The Bertz CT molecular complexity index is 502. The van der Waals surface area contributed by atoms with Gasteiger partial charge in [0.25, 0.3) is 6.01 Å². The fourth-order valence-electron chi connectivity index (χ4n) is 1.18. The first-order valence-electron chi connectivity index (χ1n) is 4.68. The molecule has 0 aliphatic rings. The van der Waals surface area contributed by atoms with Gasteiger partial charge in [-0.15, -0.1) is 0 Å². The monoisotopic (exact) mass is 218 g/mol. The van der Waals surface area contributed by atoms with Crippen LogP contribution in [0.5, 0.6) is 11.8 Å². The number of benzene rings is 1. The van der Waals surface area contributed by atoms with Crippen molar-refractivity contribution >= 4 is 5.97 Å². The van der Waals surface area contributed by atoms with E-state index >= 15 is 0 Å². The summed E-state index contributed by atoms with van der Waals surface area (Å²) in [5, 5.41) is 8.67. The molecule has 0 atom stereocenters. The molecule has 0 saturated carbocycles. The molecule has 1 aromatic carbocycles. The van der Waals surface area contributed by atoms with Gasteiger partial charge >= 0.3 is 5.97 Å². The number of nitrogens with one attached hydrogen (secondary N) is 1. The highest BCUT2D eigenvalue weighted by molar-refractivity contribution is 5.85. The molecule has 0 amide bonds. The number of aryl methyl sites for hydroxylation is 1. The topological polar surface area (TPSA) is 75.2 Å². The first-order valence-corrected chi connectivity index (χ1v) is 4.68. The second-order valence-electron chi connectivity index (χ2n) is 3.32. The van der Waals surface area contributed by atoms with E-state index in [0.29, 0.717) is 5.75 Å². The molecule has 82 valence electrons. The van der Waals surface area contributed by atoms with Gasteiger partial charge in [0.05, 0.1) is 6.20 Å². The Labute approximate surface area is 91.7 Å². The van der Waals surface area contributed by atoms with Gasteiger partial charge in [-0.2, -0.15) is 0 Å². The van der Waals surface area contributed by atoms with Crippen LogP contribution >= 0.6 is 0 Å². The molecule has 0 aliphatic carbocycles. The van der Waals surface area contributed by atoms with E-state index in [4.69, 9.17) is 9.84 Å². The van der Waals surface area contributed by atoms with Crippen LogP contribution in [0.15, 0.2) is 30.5 Å². The van der Waals surface area contributed by atoms with Crippen LogP contribution in [0.3, 0.4) is 0 Å². The third kappa shape index (κ3) is 2.20. The number of hydrogen-bond donors (Lipinski definition) is 2. The Morgan fingerprint density at radius 1 is 1.38 bits per heavy atom. The predicted octanol–water partition coefficient (Wildman–Crippen LogP) is 2.21. The van der Waals surface area contributed by atoms with Crippen molar-refractivity contribution in [3.05, 3.63) is 41.7 Å². The van der Waals surface area contributed by atoms with E-state index in [2.05, 4.69) is 9.97 Å². The largest absolute Gasteiger partial charge is 0.477 e. The molecule has 16 heavy (non-hydrogen) atoms. The molecule has 0 spiro atoms. The second kappa shape index (κ2) is 4.06. The number of nitrogens with zero attached hydrogens (tertiary/aromatic N) is 1. The van der Waals surface area contributed by atoms with Gasteiger partial charge in [-0.25, -0.2) is 9.78 Å². The Balaban J connectivity index is 2.14. The number of H-pyrrole nitrogens is 1. The molecule has 0 unspecified atom stereocenters. The number of carboxylic acid groups (broad SMARTS) is 1. The lowest BCUT2D eigenvalue weighted by Gasteiger charge is -2.01. The first-order chi connectivity index (χ1) is 7.65. The van der Waals surface area contributed by atoms with Gasteiger partial charge in [-0.3, -0.25) is 0 Å². The van der Waals surface area contributed by atoms with Gasteiger partial charge < -0.3 is 14.8 Å². The Kier molecular flexibility index (Phi) is 2.59. The summed E-state index contributed by atoms with van der Waals surface area (Å²) in [7, 11) is 0. The zero-order valence-electron chi connectivity index (χ0n) is 8.60. The van der Waals surface area contributed by atoms with Gasteiger partial charge in [0.2, 0.25) is 0 Å². The number of aromatic carboxylic acids is 1. The van der Waals surface area contributed by atoms with Crippen molar-refractivity contribution in [1.82, 2.24) is 9.97 Å². The second-order valence-corrected chi connectivity index (χ2v) is 3.32. The van der Waals surface area contributed by atoms with Crippen LogP contribution in [0.2, 0.25) is 0 Å². The number of carbonyl (C=O) groups is 1. The van der Waals surface area contributed by atoms with Crippen LogP contribution in [0.4, 0.5) is 0 Å². The van der Waals surface area contributed by atoms with Crippen molar-refractivity contribution in [3.8, 4) is 11.8 Å². The minimum Gasteiger partial charge on any atom is -0.477 e. The van der Waals surface area contributed by atoms with Crippen LogP contribution in [0.1, 0.15) is 16.1 Å². The van der Waals surface area contributed by atoms with Crippen LogP contribution in [0.25, 0.3) is 0 Å². The van der Waals surface area contributed by atoms with Crippen molar-refractivity contribution < 1.29 is 14.6 Å². The summed E-state index contributed by atoms with van der Waals surface area (Å²) < 4.78 is 5.33. The lowest BCUT2D eigenvalue weighted by Crippen LogP contribution is -1.95. The van der Waals surface area contributed by atoms with Crippen molar-refractivity contribution in [2.75, 3.05) is 0 Å². The molecule has 1 heterocycles. The molecule has 2 aromatic rings. The highest BCUT2D eigenvalue weighted by Crippen LogP contribution is 2.18. The van der Waals surface area contributed by atoms with Crippen molar-refractivity contribution in [2.45, 2.75) is 6.92 Å². The van der Waals surface area contributed by atoms with Gasteiger partial charge in [0.15, 0.2) is 0 Å². The molecular weight excluding hydrogens is 208 g/mol. The van der Waals surface area contributed by atoms with E-state index < -0.39 is 5.97 Å². The Hall–Kier alpha value is -2.30. The summed E-state index contributed by atoms with van der Waals surface area (Å²) >= 11 is 0. The van der Waals surface area contributed by atoms with Crippen LogP contribution in [-0.2, 0) is 0 Å². The first kappa shape index (κ1) is 10.2. The fourth-order valence-corrected chi connectivity index (χ4v) is 1.18. The van der Waals surface area contributed by atoms with Crippen molar-refractivity contribution in [1.29, 1.82) is 0 Å². The van der Waals surface area contributed by atoms with Crippen molar-refractivity contribution in [2.24, 2.45) is 0 Å². The van der Waals surface area contributed by atoms with E-state index in [1.165, 1.54) is 6.20 Å². The normalized spacial score (nSPS) is 10.1. The standard InChI is InChI=1S/C11H10N2O3/c1-7-2-4-8(5-3-7)16-11-12-6-9(13-11)10(14)15/h2-6H,1H3,(H,12,13)(H,14,15). The van der Waals surface area contributed by atoms with Crippen LogP contribution < -0.4 is 4.74 Å². The maximum Gasteiger partial charge on any atom is 0.354 e. The minimum absolute atomic E-state index is 0.00196. The molecule has 0 aliphatic heterocycles. The number of imidazole rings is 1. The molecule has 2 N–H and O–H groups in total. The SMILES string of the molecule is Cc1ccc(Oc2ncc(C(=O)O)[nH]2)cc1. The molecule has 2 rings (SSSR count). The van der Waals surface area contributed by atoms with Gasteiger partial charge in [0.1, 0.15) is 11.4 Å². The molecular formula is C11H10N2O3. The number of ether oxygens (including phenoxy) is 1. The summed E-state index contributed by atoms with van der Waals surface area (Å²) in [5.74, 6) is -0.455. The molecule has 1 aromatic heterocycles. The van der Waals surface area contributed by atoms with E-state index in [1.54, 1.807) is 12.1 Å². The summed E-state index contributed by atoms with van der Waals surface area (Å²) in [6.07, 6.45) is 1.21. The summed E-state index contributed by atoms with van der Waals surface area (Å²) in [6.45, 7) is 1.97. The number of aromatic amines is 1. The fraction of sp³-hybridized carbons (Fsp3) is 0.0909. The lowest BCUT2D eigenvalue weighted by molar-refractivity contribution is 0.0690. The molecule has 0 bridgehead atoms. The molecule has 5 nitrogen and oxygen atoms in total. The maximum absolute atomic E-state index is 10.6. The zero-order valence-corrected chi connectivity index (χ0v) is 8.60. The van der Waals surface area contributed by atoms with E-state index in [-0.39, 0.29) is 11.7 Å². The summed E-state index contributed by atoms with van der Waals surface area (Å²) in [6, 6.07) is 7.55. The maximum atomic E-state index is 10.6. The Morgan fingerprint density at radius 2 is 2.06 bits per heavy atom. The van der Waals surface area contributed by atoms with E-state index in [9.17, 15) is 4.79 Å². The number of hydrogen-bond acceptors (Lipinski definition) is 3. The van der Waals surface area contributed by atoms with Crippen LogP contribution in [0, 0.1) is 6.92 Å². The van der Waals surface area contributed by atoms with E-state index in [1.807, 2.05) is 19.1 Å². The highest BCUT2D eigenvalue weighted by Gasteiger charge is 2.08. The van der Waals surface area contributed by atoms with Gasteiger partial charge in [-0.05, 0) is 19.1 Å². The average molecular weight is 218 g/mol. The molecule has 0 radical (unpaired) electrons. The summed E-state index contributed by atoms with van der Waals surface area (Å²) in [4.78, 5) is 16.9. The predicted molar refractivity (Wildman–Crippen MR) is 56.8 cm³/mol. The average Bonchev–Trinajstić information content (AvgIpc) is 2.70. The van der Waals surface area contributed by atoms with Gasteiger partial charge in [0, 0.05) is 0 Å². The van der Waals surface area contributed by atoms with E-state index in [0.717, 1.165) is 5.56 Å². The third-order valence-corrected chi connectivity index (χ3v) is 2.02. The molecule has 5 heteroatoms. The van der Waals surface area contributed by atoms with Crippen LogP contribution in [-0.4, -0.2) is 21.0 Å². The lowest BCUT2D eigenvalue weighted by atomic mass is 10.2. The Morgan fingerprint density at radius 3 is 2.62 bits per heavy atom. The zero-order chi connectivity index (χ0) is 11.5. The highest BCUT2D eigenvalue weighted by atomic mass is 16.5. The number of rotatable bonds is 3.